The van der Waals surface area contributed by atoms with Gasteiger partial charge in [-0.05, 0) is 40.7 Å². The summed E-state index contributed by atoms with van der Waals surface area (Å²) in [5, 5.41) is 5.44. The van der Waals surface area contributed by atoms with Gasteiger partial charge in [-0.25, -0.2) is 9.78 Å². The van der Waals surface area contributed by atoms with Crippen LogP contribution in [0, 0.1) is 0 Å². The highest BCUT2D eigenvalue weighted by Crippen LogP contribution is 2.12. The van der Waals surface area contributed by atoms with E-state index in [-0.39, 0.29) is 12.1 Å². The van der Waals surface area contributed by atoms with E-state index < -0.39 is 5.60 Å². The zero-order valence-corrected chi connectivity index (χ0v) is 13.8. The van der Waals surface area contributed by atoms with Gasteiger partial charge in [0.05, 0.1) is 11.2 Å². The Kier molecular flexibility index (Phi) is 6.42. The van der Waals surface area contributed by atoms with Crippen molar-refractivity contribution in [3.05, 3.63) is 16.6 Å². The summed E-state index contributed by atoms with van der Waals surface area (Å²) in [5.74, 6) is 0. The van der Waals surface area contributed by atoms with Gasteiger partial charge < -0.3 is 15.0 Å². The molecule has 0 saturated carbocycles. The van der Waals surface area contributed by atoms with Crippen molar-refractivity contribution >= 4 is 17.4 Å². The third kappa shape index (κ3) is 6.34. The topological polar surface area (TPSA) is 54.5 Å². The Bertz CT molecular complexity index is 401. The number of hydrogen-bond donors (Lipinski definition) is 1. The molecule has 0 aliphatic heterocycles. The van der Waals surface area contributed by atoms with Crippen molar-refractivity contribution in [2.45, 2.75) is 45.8 Å². The minimum Gasteiger partial charge on any atom is -0.444 e. The number of thiazole rings is 1. The predicted molar refractivity (Wildman–Crippen MR) is 82.0 cm³/mol. The van der Waals surface area contributed by atoms with Crippen molar-refractivity contribution in [2.24, 2.45) is 0 Å². The summed E-state index contributed by atoms with van der Waals surface area (Å²) in [6.45, 7) is 9.21. The molecule has 0 radical (unpaired) electrons. The Morgan fingerprint density at radius 1 is 1.55 bits per heavy atom. The summed E-state index contributed by atoms with van der Waals surface area (Å²) >= 11 is 1.60. The van der Waals surface area contributed by atoms with Crippen molar-refractivity contribution in [3.63, 3.8) is 0 Å². The Morgan fingerprint density at radius 3 is 2.80 bits per heavy atom. The van der Waals surface area contributed by atoms with Gasteiger partial charge in [0.25, 0.3) is 0 Å². The summed E-state index contributed by atoms with van der Waals surface area (Å²) in [5.41, 5.74) is 2.46. The number of ether oxygens (including phenoxy) is 1. The smallest absolute Gasteiger partial charge is 0.410 e. The lowest BCUT2D eigenvalue weighted by Crippen LogP contribution is -2.35. The second-order valence-corrected chi connectivity index (χ2v) is 6.56. The first-order chi connectivity index (χ1) is 9.29. The van der Waals surface area contributed by atoms with Gasteiger partial charge in [-0.2, -0.15) is 0 Å². The number of carbonyl (C=O) groups is 1. The molecule has 5 nitrogen and oxygen atoms in total. The minimum absolute atomic E-state index is 0.244. The molecule has 0 fully saturated rings. The number of carbonyl (C=O) groups excluding carboxylic acids is 1. The molecule has 1 rings (SSSR count). The first-order valence-electron chi connectivity index (χ1n) is 6.85. The molecule has 1 aromatic heterocycles. The normalized spacial score (nSPS) is 13.1. The Labute approximate surface area is 125 Å². The van der Waals surface area contributed by atoms with Crippen molar-refractivity contribution in [2.75, 3.05) is 20.1 Å². The maximum atomic E-state index is 11.7. The number of nitrogens with one attached hydrogen (secondary N) is 1. The lowest BCUT2D eigenvalue weighted by atomic mass is 10.2. The summed E-state index contributed by atoms with van der Waals surface area (Å²) in [7, 11) is 1.76. The van der Waals surface area contributed by atoms with Crippen molar-refractivity contribution in [1.82, 2.24) is 15.2 Å². The maximum absolute atomic E-state index is 11.7. The third-order valence-electron chi connectivity index (χ3n) is 2.72. The van der Waals surface area contributed by atoms with Gasteiger partial charge >= 0.3 is 6.09 Å². The second kappa shape index (κ2) is 7.59. The van der Waals surface area contributed by atoms with Crippen molar-refractivity contribution < 1.29 is 9.53 Å². The van der Waals surface area contributed by atoms with E-state index in [0.717, 1.165) is 18.7 Å². The summed E-state index contributed by atoms with van der Waals surface area (Å²) in [6.07, 6.45) is 0.606. The van der Waals surface area contributed by atoms with Crippen molar-refractivity contribution in [3.8, 4) is 0 Å². The molecule has 114 valence electrons. The molecule has 1 heterocycles. The molecule has 0 spiro atoms. The fourth-order valence-corrected chi connectivity index (χ4v) is 2.25. The average molecular weight is 299 g/mol. The van der Waals surface area contributed by atoms with Gasteiger partial charge in [0.2, 0.25) is 0 Å². The molecule has 0 saturated heterocycles. The highest BCUT2D eigenvalue weighted by Gasteiger charge is 2.19. The van der Waals surface area contributed by atoms with Crippen LogP contribution in [0.5, 0.6) is 0 Å². The zero-order valence-electron chi connectivity index (χ0n) is 13.0. The van der Waals surface area contributed by atoms with E-state index in [1.165, 1.54) is 0 Å². The third-order valence-corrected chi connectivity index (χ3v) is 3.33. The first kappa shape index (κ1) is 16.9. The van der Waals surface area contributed by atoms with Crippen LogP contribution in [0.2, 0.25) is 0 Å². The highest BCUT2D eigenvalue weighted by molar-refractivity contribution is 7.07. The lowest BCUT2D eigenvalue weighted by molar-refractivity contribution is 0.0297. The van der Waals surface area contributed by atoms with Crippen molar-refractivity contribution in [1.29, 1.82) is 0 Å². The van der Waals surface area contributed by atoms with Gasteiger partial charge in [-0.3, -0.25) is 0 Å². The molecule has 0 aliphatic rings. The van der Waals surface area contributed by atoms with Crippen LogP contribution in [0.3, 0.4) is 0 Å². The SMILES string of the molecule is CC(NCCCN(C)C(=O)OC(C)(C)C)c1cscn1. The summed E-state index contributed by atoms with van der Waals surface area (Å²) in [4.78, 5) is 17.6. The van der Waals surface area contributed by atoms with Gasteiger partial charge in [0.15, 0.2) is 0 Å². The fourth-order valence-electron chi connectivity index (χ4n) is 1.61. The summed E-state index contributed by atoms with van der Waals surface area (Å²) < 4.78 is 5.29. The molecule has 1 unspecified atom stereocenters. The number of aromatic nitrogens is 1. The van der Waals surface area contributed by atoms with Crippen LogP contribution in [0.25, 0.3) is 0 Å². The van der Waals surface area contributed by atoms with Gasteiger partial charge in [0.1, 0.15) is 5.60 Å². The van der Waals surface area contributed by atoms with Crippen LogP contribution >= 0.6 is 11.3 Å². The molecule has 0 aliphatic carbocycles. The van der Waals surface area contributed by atoms with Gasteiger partial charge in [0, 0.05) is 25.0 Å². The molecular weight excluding hydrogens is 274 g/mol. The highest BCUT2D eigenvalue weighted by atomic mass is 32.1. The molecule has 0 bridgehead atoms. The van der Waals surface area contributed by atoms with Gasteiger partial charge in [-0.15, -0.1) is 11.3 Å². The van der Waals surface area contributed by atoms with Crippen LogP contribution in [0.1, 0.15) is 45.9 Å². The van der Waals surface area contributed by atoms with Crippen LogP contribution in [0.15, 0.2) is 10.9 Å². The summed E-state index contributed by atoms with van der Waals surface area (Å²) in [6, 6.07) is 0.244. The van der Waals surface area contributed by atoms with E-state index in [1.807, 2.05) is 31.7 Å². The van der Waals surface area contributed by atoms with Crippen LogP contribution in [0.4, 0.5) is 4.79 Å². The lowest BCUT2D eigenvalue weighted by Gasteiger charge is -2.24. The van der Waals surface area contributed by atoms with E-state index >= 15 is 0 Å². The largest absolute Gasteiger partial charge is 0.444 e. The Balaban J connectivity index is 2.19. The molecule has 0 aromatic carbocycles. The Hall–Kier alpha value is -1.14. The van der Waals surface area contributed by atoms with E-state index in [2.05, 4.69) is 17.2 Å². The molecule has 20 heavy (non-hydrogen) atoms. The van der Waals surface area contributed by atoms with E-state index in [1.54, 1.807) is 23.3 Å². The molecule has 1 atom stereocenters. The maximum Gasteiger partial charge on any atom is 0.410 e. The van der Waals surface area contributed by atoms with Gasteiger partial charge in [-0.1, -0.05) is 0 Å². The number of rotatable bonds is 6. The van der Waals surface area contributed by atoms with E-state index in [9.17, 15) is 4.79 Å². The Morgan fingerprint density at radius 2 is 2.25 bits per heavy atom. The van der Waals surface area contributed by atoms with Crippen LogP contribution in [-0.2, 0) is 4.74 Å². The number of amides is 1. The predicted octanol–water partition coefficient (Wildman–Crippen LogP) is 3.05. The number of hydrogen-bond acceptors (Lipinski definition) is 5. The fraction of sp³-hybridized carbons (Fsp3) is 0.714. The standard InChI is InChI=1S/C14H25N3O2S/c1-11(12-9-20-10-16-12)15-7-6-8-17(5)13(18)19-14(2,3)4/h9-11,15H,6-8H2,1-5H3. The quantitative estimate of drug-likeness (QED) is 0.820. The van der Waals surface area contributed by atoms with Crippen LogP contribution < -0.4 is 5.32 Å². The van der Waals surface area contributed by atoms with E-state index in [4.69, 9.17) is 4.74 Å². The second-order valence-electron chi connectivity index (χ2n) is 5.84. The molecule has 6 heteroatoms. The minimum atomic E-state index is -0.442. The molecule has 1 amide bonds. The monoisotopic (exact) mass is 299 g/mol. The average Bonchev–Trinajstić information content (AvgIpc) is 2.85. The van der Waals surface area contributed by atoms with Crippen LogP contribution in [-0.4, -0.2) is 41.7 Å². The number of nitrogens with zero attached hydrogens (tertiary/aromatic N) is 2. The van der Waals surface area contributed by atoms with E-state index in [0.29, 0.717) is 6.54 Å². The molecular formula is C14H25N3O2S. The molecule has 1 aromatic rings. The molecule has 1 N–H and O–H groups in total. The zero-order chi connectivity index (χ0) is 15.2. The first-order valence-corrected chi connectivity index (χ1v) is 7.79.